The fraction of sp³-hybridized carbons (Fsp3) is 0.273. The van der Waals surface area contributed by atoms with Gasteiger partial charge in [-0.05, 0) is 74.8 Å². The van der Waals surface area contributed by atoms with Crippen LogP contribution >= 0.6 is 47.2 Å². The smallest absolute Gasteiger partial charge is 0.233 e. The Balaban J connectivity index is 1.97. The van der Waals surface area contributed by atoms with Crippen molar-refractivity contribution in [1.29, 1.82) is 0 Å². The quantitative estimate of drug-likeness (QED) is 0.262. The van der Waals surface area contributed by atoms with E-state index in [4.69, 9.17) is 35.4 Å². The summed E-state index contributed by atoms with van der Waals surface area (Å²) in [5.41, 5.74) is 3.66. The molecular weight excluding hydrogens is 483 g/mol. The summed E-state index contributed by atoms with van der Waals surface area (Å²) in [6, 6.07) is 11.2. The number of aryl methyl sites for hydroxylation is 2. The topological polar surface area (TPSA) is 66.0 Å². The lowest BCUT2D eigenvalue weighted by Gasteiger charge is -2.20. The van der Waals surface area contributed by atoms with Crippen LogP contribution in [0.3, 0.4) is 0 Å². The van der Waals surface area contributed by atoms with Crippen LogP contribution in [0, 0.1) is 13.8 Å². The van der Waals surface area contributed by atoms with Crippen LogP contribution in [0.1, 0.15) is 25.0 Å². The second-order valence-corrected chi connectivity index (χ2v) is 9.45. The Morgan fingerprint density at radius 1 is 0.875 bits per heavy atom. The molecule has 1 heterocycles. The van der Waals surface area contributed by atoms with Crippen molar-refractivity contribution < 1.29 is 0 Å². The van der Waals surface area contributed by atoms with Gasteiger partial charge in [0.25, 0.3) is 0 Å². The molecule has 0 aliphatic carbocycles. The summed E-state index contributed by atoms with van der Waals surface area (Å²) in [6.07, 6.45) is 0. The molecular formula is C22H24Cl2N6S2. The number of hydrogen-bond donors (Lipinski definition) is 2. The van der Waals surface area contributed by atoms with E-state index in [0.29, 0.717) is 31.4 Å². The zero-order chi connectivity index (χ0) is 23.3. The van der Waals surface area contributed by atoms with Gasteiger partial charge in [0.1, 0.15) is 4.32 Å². The normalized spacial score (nSPS) is 10.7. The molecule has 0 aliphatic rings. The van der Waals surface area contributed by atoms with Crippen molar-refractivity contribution in [1.82, 2.24) is 19.9 Å². The second-order valence-electron chi connectivity index (χ2n) is 6.97. The highest BCUT2D eigenvalue weighted by atomic mass is 35.5. The number of nitrogens with zero attached hydrogens (tertiary/aromatic N) is 4. The van der Waals surface area contributed by atoms with Gasteiger partial charge in [0.2, 0.25) is 17.1 Å². The van der Waals surface area contributed by atoms with Crippen LogP contribution in [-0.4, -0.2) is 37.3 Å². The van der Waals surface area contributed by atoms with E-state index in [1.165, 1.54) is 11.8 Å². The molecule has 0 saturated heterocycles. The molecule has 168 valence electrons. The van der Waals surface area contributed by atoms with E-state index in [0.717, 1.165) is 35.6 Å². The zero-order valence-corrected chi connectivity index (χ0v) is 21.4. The van der Waals surface area contributed by atoms with Gasteiger partial charge < -0.3 is 15.5 Å². The molecule has 2 aromatic carbocycles. The summed E-state index contributed by atoms with van der Waals surface area (Å²) in [5.74, 6) is 0.773. The van der Waals surface area contributed by atoms with Gasteiger partial charge in [-0.25, -0.2) is 0 Å². The van der Waals surface area contributed by atoms with E-state index in [1.54, 1.807) is 0 Å². The first-order valence-electron chi connectivity index (χ1n) is 10.1. The lowest BCUT2D eigenvalue weighted by atomic mass is 10.2. The molecule has 0 bridgehead atoms. The third-order valence-electron chi connectivity index (χ3n) is 4.71. The Kier molecular flexibility index (Phi) is 8.53. The van der Waals surface area contributed by atoms with Crippen LogP contribution < -0.4 is 10.6 Å². The Bertz CT molecular complexity index is 1050. The molecule has 0 fully saturated rings. The summed E-state index contributed by atoms with van der Waals surface area (Å²) >= 11 is 19.3. The van der Waals surface area contributed by atoms with Crippen LogP contribution in [0.5, 0.6) is 0 Å². The van der Waals surface area contributed by atoms with Crippen LogP contribution in [-0.2, 0) is 0 Å². The second kappa shape index (κ2) is 11.1. The van der Waals surface area contributed by atoms with Gasteiger partial charge in [0.05, 0.1) is 0 Å². The summed E-state index contributed by atoms with van der Waals surface area (Å²) < 4.78 is 0.705. The van der Waals surface area contributed by atoms with Crippen molar-refractivity contribution in [3.8, 4) is 0 Å². The van der Waals surface area contributed by atoms with Crippen molar-refractivity contribution in [2.45, 2.75) is 32.9 Å². The van der Waals surface area contributed by atoms with Gasteiger partial charge in [-0.15, -0.1) is 0 Å². The highest BCUT2D eigenvalue weighted by Crippen LogP contribution is 2.28. The van der Waals surface area contributed by atoms with E-state index in [1.807, 2.05) is 50.2 Å². The van der Waals surface area contributed by atoms with Gasteiger partial charge in [-0.3, -0.25) is 0 Å². The maximum absolute atomic E-state index is 6.18. The predicted octanol–water partition coefficient (Wildman–Crippen LogP) is 7.00. The molecule has 6 nitrogen and oxygen atoms in total. The van der Waals surface area contributed by atoms with E-state index in [2.05, 4.69) is 44.3 Å². The molecule has 0 aliphatic heterocycles. The monoisotopic (exact) mass is 506 g/mol. The van der Waals surface area contributed by atoms with E-state index < -0.39 is 0 Å². The van der Waals surface area contributed by atoms with Crippen molar-refractivity contribution in [2.24, 2.45) is 0 Å². The standard InChI is InChI=1S/C22H24Cl2N6S2/c1-5-30(6-2)22(31)32-21-28-19(25-17-11-15(23)9-7-13(17)3)27-20(29-21)26-18-12-16(24)10-8-14(18)4/h7-12H,5-6H2,1-4H3,(H2,25,26,27,28,29). The Hall–Kier alpha value is -2.13. The van der Waals surface area contributed by atoms with Gasteiger partial charge >= 0.3 is 0 Å². The molecule has 0 saturated carbocycles. The molecule has 0 atom stereocenters. The summed E-state index contributed by atoms with van der Waals surface area (Å²) in [6.45, 7) is 9.72. The van der Waals surface area contributed by atoms with Gasteiger partial charge in [-0.2, -0.15) is 15.0 Å². The number of aromatic nitrogens is 3. The van der Waals surface area contributed by atoms with Crippen molar-refractivity contribution in [3.63, 3.8) is 0 Å². The minimum atomic E-state index is 0.386. The number of hydrogen-bond acceptors (Lipinski definition) is 7. The molecule has 0 amide bonds. The average Bonchev–Trinajstić information content (AvgIpc) is 2.74. The first kappa shape index (κ1) is 24.5. The molecule has 1 aromatic heterocycles. The van der Waals surface area contributed by atoms with Gasteiger partial charge in [0, 0.05) is 34.5 Å². The highest BCUT2D eigenvalue weighted by Gasteiger charge is 2.14. The lowest BCUT2D eigenvalue weighted by Crippen LogP contribution is -2.26. The third kappa shape index (κ3) is 6.45. The van der Waals surface area contributed by atoms with Gasteiger partial charge in [0.15, 0.2) is 0 Å². The number of rotatable bonds is 7. The van der Waals surface area contributed by atoms with Gasteiger partial charge in [-0.1, -0.05) is 47.6 Å². The number of nitrogens with one attached hydrogen (secondary N) is 2. The fourth-order valence-electron chi connectivity index (χ4n) is 2.84. The minimum Gasteiger partial charge on any atom is -0.358 e. The molecule has 0 unspecified atom stereocenters. The van der Waals surface area contributed by atoms with Crippen molar-refractivity contribution >= 4 is 74.8 Å². The Labute approximate surface area is 208 Å². The minimum absolute atomic E-state index is 0.386. The lowest BCUT2D eigenvalue weighted by molar-refractivity contribution is 0.482. The van der Waals surface area contributed by atoms with Crippen LogP contribution in [0.25, 0.3) is 0 Å². The predicted molar refractivity (Wildman–Crippen MR) is 140 cm³/mol. The van der Waals surface area contributed by atoms with E-state index >= 15 is 0 Å². The van der Waals surface area contributed by atoms with Crippen molar-refractivity contribution in [2.75, 3.05) is 23.7 Å². The SMILES string of the molecule is CCN(CC)C(=S)Sc1nc(Nc2cc(Cl)ccc2C)nc(Nc2cc(Cl)ccc2C)n1. The Morgan fingerprint density at radius 3 is 1.78 bits per heavy atom. The fourth-order valence-corrected chi connectivity index (χ4v) is 4.47. The molecule has 3 aromatic rings. The zero-order valence-electron chi connectivity index (χ0n) is 18.2. The molecule has 0 radical (unpaired) electrons. The van der Waals surface area contributed by atoms with Crippen LogP contribution in [0.2, 0.25) is 10.0 Å². The number of thioether (sulfide) groups is 1. The first-order chi connectivity index (χ1) is 15.3. The summed E-state index contributed by atoms with van der Waals surface area (Å²) in [4.78, 5) is 15.8. The molecule has 0 spiro atoms. The number of thiocarbonyl (C=S) groups is 1. The van der Waals surface area contributed by atoms with Crippen LogP contribution in [0.4, 0.5) is 23.3 Å². The maximum atomic E-state index is 6.18. The first-order valence-corrected chi connectivity index (χ1v) is 12.1. The molecule has 3 rings (SSSR count). The summed E-state index contributed by atoms with van der Waals surface area (Å²) in [7, 11) is 0. The number of anilines is 4. The maximum Gasteiger partial charge on any atom is 0.233 e. The highest BCUT2D eigenvalue weighted by molar-refractivity contribution is 8.22. The molecule has 2 N–H and O–H groups in total. The van der Waals surface area contributed by atoms with Crippen molar-refractivity contribution in [3.05, 3.63) is 57.6 Å². The average molecular weight is 508 g/mol. The van der Waals surface area contributed by atoms with Crippen LogP contribution in [0.15, 0.2) is 41.6 Å². The molecule has 10 heteroatoms. The summed E-state index contributed by atoms with van der Waals surface area (Å²) in [5, 5.41) is 8.24. The van der Waals surface area contributed by atoms with E-state index in [-0.39, 0.29) is 0 Å². The van der Waals surface area contributed by atoms with E-state index in [9.17, 15) is 0 Å². The largest absolute Gasteiger partial charge is 0.358 e. The number of benzene rings is 2. The third-order valence-corrected chi connectivity index (χ3v) is 6.48. The molecule has 32 heavy (non-hydrogen) atoms. The number of halogens is 2. The Morgan fingerprint density at radius 2 is 1.34 bits per heavy atom.